The van der Waals surface area contributed by atoms with E-state index >= 15 is 0 Å². The lowest BCUT2D eigenvalue weighted by molar-refractivity contribution is -0.128. The molecule has 1 heterocycles. The van der Waals surface area contributed by atoms with Crippen LogP contribution in [0.4, 0.5) is 11.5 Å². The van der Waals surface area contributed by atoms with Crippen LogP contribution in [0.5, 0.6) is 5.88 Å². The summed E-state index contributed by atoms with van der Waals surface area (Å²) in [4.78, 5) is 16.1. The normalized spacial score (nSPS) is 11.9. The van der Waals surface area contributed by atoms with Gasteiger partial charge in [-0.25, -0.2) is 0 Å². The van der Waals surface area contributed by atoms with Crippen LogP contribution in [-0.2, 0) is 4.79 Å². The molecule has 0 unspecified atom stereocenters. The number of nitrogen functional groups attached to an aromatic ring is 1. The summed E-state index contributed by atoms with van der Waals surface area (Å²) in [5.74, 6) is 0.988. The second-order valence-electron chi connectivity index (χ2n) is 6.62. The number of hydrogen-bond acceptors (Lipinski definition) is 5. The maximum Gasteiger partial charge on any atom is 0.239 e. The van der Waals surface area contributed by atoms with Crippen LogP contribution in [-0.4, -0.2) is 30.1 Å². The van der Waals surface area contributed by atoms with Crippen molar-refractivity contribution in [2.24, 2.45) is 5.41 Å². The average molecular weight is 294 g/mol. The van der Waals surface area contributed by atoms with E-state index in [1.165, 1.54) is 0 Å². The molecule has 0 bridgehead atoms. The Morgan fingerprint density at radius 1 is 1.29 bits per heavy atom. The van der Waals surface area contributed by atoms with Crippen LogP contribution in [0.1, 0.15) is 34.6 Å². The van der Waals surface area contributed by atoms with Crippen LogP contribution in [0, 0.1) is 5.41 Å². The third-order valence-electron chi connectivity index (χ3n) is 2.85. The molecule has 0 fully saturated rings. The Morgan fingerprint density at radius 3 is 2.43 bits per heavy atom. The van der Waals surface area contributed by atoms with E-state index in [0.29, 0.717) is 23.9 Å². The number of nitrogens with zero attached hydrogens (tertiary/aromatic N) is 1. The molecule has 0 aliphatic rings. The smallest absolute Gasteiger partial charge is 0.239 e. The molecule has 0 spiro atoms. The molecule has 6 nitrogen and oxygen atoms in total. The number of carbonyl (C=O) groups is 1. The number of rotatable bonds is 5. The van der Waals surface area contributed by atoms with Gasteiger partial charge in [0.25, 0.3) is 0 Å². The number of ether oxygens (including phenoxy) is 1. The van der Waals surface area contributed by atoms with E-state index in [1.807, 2.05) is 34.6 Å². The van der Waals surface area contributed by atoms with E-state index in [0.717, 1.165) is 0 Å². The van der Waals surface area contributed by atoms with Crippen LogP contribution in [0.3, 0.4) is 0 Å². The molecule has 0 aromatic carbocycles. The van der Waals surface area contributed by atoms with E-state index in [-0.39, 0.29) is 11.5 Å². The maximum atomic E-state index is 11.7. The van der Waals surface area contributed by atoms with Crippen LogP contribution < -0.4 is 21.1 Å². The molecule has 0 saturated heterocycles. The lowest BCUT2D eigenvalue weighted by atomic mass is 9.92. The molecule has 21 heavy (non-hydrogen) atoms. The fraction of sp³-hybridized carbons (Fsp3) is 0.600. The van der Waals surface area contributed by atoms with Gasteiger partial charge in [-0.3, -0.25) is 4.79 Å². The number of aromatic nitrogens is 1. The van der Waals surface area contributed by atoms with E-state index in [1.54, 1.807) is 19.2 Å². The number of nitrogens with one attached hydrogen (secondary N) is 2. The predicted molar refractivity (Wildman–Crippen MR) is 85.4 cm³/mol. The number of nitrogens with two attached hydrogens (primary N) is 1. The number of anilines is 2. The standard InChI is InChI=1S/C15H26N4O2/c1-14(2,3)21-12-10(16)7-8-11(19-12)18-9-15(4,5)13(20)17-6/h7-8H,9,16H2,1-6H3,(H,17,20)(H,18,19). The summed E-state index contributed by atoms with van der Waals surface area (Å²) in [5, 5.41) is 5.80. The molecular formula is C15H26N4O2. The Labute approximate surface area is 126 Å². The summed E-state index contributed by atoms with van der Waals surface area (Å²) >= 11 is 0. The highest BCUT2D eigenvalue weighted by molar-refractivity contribution is 5.82. The van der Waals surface area contributed by atoms with Gasteiger partial charge in [0, 0.05) is 13.6 Å². The highest BCUT2D eigenvalue weighted by atomic mass is 16.5. The van der Waals surface area contributed by atoms with Gasteiger partial charge in [0.2, 0.25) is 11.8 Å². The second kappa shape index (κ2) is 6.20. The first-order valence-corrected chi connectivity index (χ1v) is 6.97. The Morgan fingerprint density at radius 2 is 1.90 bits per heavy atom. The molecule has 0 aliphatic heterocycles. The van der Waals surface area contributed by atoms with Gasteiger partial charge < -0.3 is 21.1 Å². The van der Waals surface area contributed by atoms with Gasteiger partial charge in [0.15, 0.2) is 0 Å². The predicted octanol–water partition coefficient (Wildman–Crippen LogP) is 2.03. The van der Waals surface area contributed by atoms with Crippen LogP contribution in [0.15, 0.2) is 12.1 Å². The highest BCUT2D eigenvalue weighted by Crippen LogP contribution is 2.25. The van der Waals surface area contributed by atoms with Gasteiger partial charge in [-0.15, -0.1) is 0 Å². The second-order valence-corrected chi connectivity index (χ2v) is 6.62. The lowest BCUT2D eigenvalue weighted by Crippen LogP contribution is -2.39. The average Bonchev–Trinajstić information content (AvgIpc) is 2.37. The third kappa shape index (κ3) is 5.13. The topological polar surface area (TPSA) is 89.3 Å². The summed E-state index contributed by atoms with van der Waals surface area (Å²) in [7, 11) is 1.63. The molecule has 0 radical (unpaired) electrons. The van der Waals surface area contributed by atoms with Crippen LogP contribution >= 0.6 is 0 Å². The minimum atomic E-state index is -0.539. The molecular weight excluding hydrogens is 268 g/mol. The molecule has 0 saturated carbocycles. The minimum absolute atomic E-state index is 0.0309. The summed E-state index contributed by atoms with van der Waals surface area (Å²) in [6, 6.07) is 3.51. The molecule has 6 heteroatoms. The van der Waals surface area contributed by atoms with E-state index in [9.17, 15) is 4.79 Å². The fourth-order valence-corrected chi connectivity index (χ4v) is 1.65. The van der Waals surface area contributed by atoms with Crippen molar-refractivity contribution in [3.63, 3.8) is 0 Å². The zero-order valence-electron chi connectivity index (χ0n) is 13.7. The van der Waals surface area contributed by atoms with Crippen molar-refractivity contribution >= 4 is 17.4 Å². The Bertz CT molecular complexity index is 507. The molecule has 0 atom stereocenters. The maximum absolute atomic E-state index is 11.7. The first-order valence-electron chi connectivity index (χ1n) is 6.97. The van der Waals surface area contributed by atoms with Gasteiger partial charge in [-0.05, 0) is 46.8 Å². The lowest BCUT2D eigenvalue weighted by Gasteiger charge is -2.24. The number of pyridine rings is 1. The van der Waals surface area contributed by atoms with E-state index in [4.69, 9.17) is 10.5 Å². The number of hydrogen-bond donors (Lipinski definition) is 3. The largest absolute Gasteiger partial charge is 0.470 e. The monoisotopic (exact) mass is 294 g/mol. The number of carbonyl (C=O) groups excluding carboxylic acids is 1. The van der Waals surface area contributed by atoms with Gasteiger partial charge in [-0.2, -0.15) is 4.98 Å². The molecule has 1 aromatic rings. The first-order chi connectivity index (χ1) is 9.55. The van der Waals surface area contributed by atoms with Gasteiger partial charge in [0.1, 0.15) is 11.4 Å². The summed E-state index contributed by atoms with van der Waals surface area (Å²) in [5.41, 5.74) is 5.44. The van der Waals surface area contributed by atoms with Crippen molar-refractivity contribution in [2.75, 3.05) is 24.6 Å². The molecule has 1 rings (SSSR count). The van der Waals surface area contributed by atoms with Gasteiger partial charge in [-0.1, -0.05) is 0 Å². The van der Waals surface area contributed by atoms with Crippen molar-refractivity contribution in [2.45, 2.75) is 40.2 Å². The molecule has 4 N–H and O–H groups in total. The Kier molecular flexibility index (Phi) is 5.04. The zero-order valence-corrected chi connectivity index (χ0v) is 13.7. The van der Waals surface area contributed by atoms with Crippen molar-refractivity contribution in [3.05, 3.63) is 12.1 Å². The van der Waals surface area contributed by atoms with Crippen molar-refractivity contribution in [1.29, 1.82) is 0 Å². The zero-order chi connectivity index (χ0) is 16.3. The molecule has 1 aromatic heterocycles. The van der Waals surface area contributed by atoms with Crippen molar-refractivity contribution < 1.29 is 9.53 Å². The van der Waals surface area contributed by atoms with E-state index < -0.39 is 5.41 Å². The number of amides is 1. The summed E-state index contributed by atoms with van der Waals surface area (Å²) in [6.07, 6.45) is 0. The van der Waals surface area contributed by atoms with Gasteiger partial charge in [0.05, 0.1) is 11.1 Å². The first kappa shape index (κ1) is 17.1. The van der Waals surface area contributed by atoms with Crippen LogP contribution in [0.2, 0.25) is 0 Å². The highest BCUT2D eigenvalue weighted by Gasteiger charge is 2.26. The van der Waals surface area contributed by atoms with Gasteiger partial charge >= 0.3 is 0 Å². The minimum Gasteiger partial charge on any atom is -0.470 e. The fourth-order valence-electron chi connectivity index (χ4n) is 1.65. The third-order valence-corrected chi connectivity index (χ3v) is 2.85. The SMILES string of the molecule is CNC(=O)C(C)(C)CNc1ccc(N)c(OC(C)(C)C)n1. The Hall–Kier alpha value is -1.98. The quantitative estimate of drug-likeness (QED) is 0.773. The summed E-state index contributed by atoms with van der Waals surface area (Å²) in [6.45, 7) is 9.98. The Balaban J connectivity index is 2.82. The molecule has 0 aliphatic carbocycles. The van der Waals surface area contributed by atoms with E-state index in [2.05, 4.69) is 15.6 Å². The van der Waals surface area contributed by atoms with Crippen molar-refractivity contribution in [1.82, 2.24) is 10.3 Å². The van der Waals surface area contributed by atoms with Crippen molar-refractivity contribution in [3.8, 4) is 5.88 Å². The molecule has 1 amide bonds. The van der Waals surface area contributed by atoms with Crippen LogP contribution in [0.25, 0.3) is 0 Å². The summed E-state index contributed by atoms with van der Waals surface area (Å²) < 4.78 is 5.72. The molecule has 118 valence electrons.